The first-order chi connectivity index (χ1) is 8.45. The fourth-order valence-electron chi connectivity index (χ4n) is 2.04. The van der Waals surface area contributed by atoms with Gasteiger partial charge in [-0.05, 0) is 24.1 Å². The summed E-state index contributed by atoms with van der Waals surface area (Å²) in [7, 11) is -3.13. The Morgan fingerprint density at radius 2 is 2.28 bits per heavy atom. The Hall–Kier alpha value is -0.620. The maximum absolute atomic E-state index is 11.5. The van der Waals surface area contributed by atoms with Gasteiger partial charge in [0.1, 0.15) is 0 Å². The number of benzene rings is 1. The lowest BCUT2D eigenvalue weighted by atomic mass is 10.1. The predicted molar refractivity (Wildman–Crippen MR) is 71.3 cm³/mol. The van der Waals surface area contributed by atoms with E-state index < -0.39 is 10.0 Å². The van der Waals surface area contributed by atoms with Gasteiger partial charge in [-0.2, -0.15) is 4.31 Å². The molecule has 0 spiro atoms. The van der Waals surface area contributed by atoms with Crippen LogP contribution in [0.1, 0.15) is 5.56 Å². The lowest BCUT2D eigenvalue weighted by molar-refractivity contribution is -0.000285. The third-order valence-electron chi connectivity index (χ3n) is 2.92. The van der Waals surface area contributed by atoms with Gasteiger partial charge in [-0.15, -0.1) is 0 Å². The normalized spacial score (nSPS) is 22.0. The van der Waals surface area contributed by atoms with Gasteiger partial charge in [-0.3, -0.25) is 0 Å². The Balaban J connectivity index is 2.02. The Kier molecular flexibility index (Phi) is 4.27. The molecule has 0 radical (unpaired) electrons. The molecule has 1 atom stereocenters. The number of morpholine rings is 1. The van der Waals surface area contributed by atoms with Gasteiger partial charge in [-0.1, -0.05) is 23.7 Å². The molecule has 0 unspecified atom stereocenters. The maximum atomic E-state index is 11.5. The Labute approximate surface area is 113 Å². The zero-order valence-electron chi connectivity index (χ0n) is 10.2. The highest BCUT2D eigenvalue weighted by atomic mass is 35.5. The fourth-order valence-corrected chi connectivity index (χ4v) is 3.10. The van der Waals surface area contributed by atoms with Crippen LogP contribution in [0, 0.1) is 0 Å². The van der Waals surface area contributed by atoms with Crippen molar-refractivity contribution < 1.29 is 13.2 Å². The van der Waals surface area contributed by atoms with E-state index >= 15 is 0 Å². The zero-order chi connectivity index (χ0) is 13.2. The van der Waals surface area contributed by atoms with E-state index in [9.17, 15) is 8.42 Å². The minimum Gasteiger partial charge on any atom is -0.375 e. The average molecular weight is 290 g/mol. The molecule has 0 aromatic heterocycles. The smallest absolute Gasteiger partial charge is 0.211 e. The zero-order valence-corrected chi connectivity index (χ0v) is 11.7. The quantitative estimate of drug-likeness (QED) is 0.848. The van der Waals surface area contributed by atoms with Crippen LogP contribution in [-0.4, -0.2) is 44.8 Å². The van der Waals surface area contributed by atoms with Crippen molar-refractivity contribution in [2.75, 3.05) is 26.0 Å². The maximum Gasteiger partial charge on any atom is 0.211 e. The van der Waals surface area contributed by atoms with Crippen molar-refractivity contribution in [1.29, 1.82) is 0 Å². The molecule has 0 amide bonds. The van der Waals surface area contributed by atoms with Crippen LogP contribution in [0.4, 0.5) is 0 Å². The lowest BCUT2D eigenvalue weighted by Gasteiger charge is -2.31. The molecule has 2 rings (SSSR count). The van der Waals surface area contributed by atoms with Gasteiger partial charge in [0.2, 0.25) is 10.0 Å². The van der Waals surface area contributed by atoms with Crippen LogP contribution in [0.15, 0.2) is 24.3 Å². The standard InChI is InChI=1S/C12H16ClNO3S/c1-18(15,16)14-5-6-17-12(9-14)8-10-3-2-4-11(13)7-10/h2-4,7,12H,5-6,8-9H2,1H3/t12-/m1/s1. The minimum absolute atomic E-state index is 0.105. The second kappa shape index (κ2) is 5.57. The van der Waals surface area contributed by atoms with Crippen LogP contribution >= 0.6 is 11.6 Å². The van der Waals surface area contributed by atoms with Crippen molar-refractivity contribution >= 4 is 21.6 Å². The van der Waals surface area contributed by atoms with Crippen molar-refractivity contribution in [3.05, 3.63) is 34.9 Å². The topological polar surface area (TPSA) is 46.6 Å². The Morgan fingerprint density at radius 3 is 2.94 bits per heavy atom. The molecule has 0 N–H and O–H groups in total. The number of hydrogen-bond acceptors (Lipinski definition) is 3. The molecule has 1 aliphatic rings. The summed E-state index contributed by atoms with van der Waals surface area (Å²) in [5.41, 5.74) is 1.06. The van der Waals surface area contributed by atoms with Crippen LogP contribution in [-0.2, 0) is 21.2 Å². The van der Waals surface area contributed by atoms with Crippen LogP contribution in [0.2, 0.25) is 5.02 Å². The molecule has 1 aromatic rings. The highest BCUT2D eigenvalue weighted by molar-refractivity contribution is 7.88. The summed E-state index contributed by atoms with van der Waals surface area (Å²) in [6.45, 7) is 1.29. The van der Waals surface area contributed by atoms with E-state index in [1.165, 1.54) is 10.6 Å². The summed E-state index contributed by atoms with van der Waals surface area (Å²) in [4.78, 5) is 0. The van der Waals surface area contributed by atoms with E-state index in [4.69, 9.17) is 16.3 Å². The molecule has 0 bridgehead atoms. The van der Waals surface area contributed by atoms with Crippen LogP contribution in [0.25, 0.3) is 0 Å². The van der Waals surface area contributed by atoms with Gasteiger partial charge in [-0.25, -0.2) is 8.42 Å². The van der Waals surface area contributed by atoms with Gasteiger partial charge < -0.3 is 4.74 Å². The third kappa shape index (κ3) is 3.68. The van der Waals surface area contributed by atoms with Crippen LogP contribution < -0.4 is 0 Å². The number of nitrogens with zero attached hydrogens (tertiary/aromatic N) is 1. The number of sulfonamides is 1. The van der Waals surface area contributed by atoms with E-state index in [2.05, 4.69) is 0 Å². The molecule has 1 aliphatic heterocycles. The van der Waals surface area contributed by atoms with Crippen molar-refractivity contribution in [1.82, 2.24) is 4.31 Å². The number of rotatable bonds is 3. The van der Waals surface area contributed by atoms with Crippen LogP contribution in [0.5, 0.6) is 0 Å². The molecule has 0 saturated carbocycles. The van der Waals surface area contributed by atoms with E-state index in [1.807, 2.05) is 24.3 Å². The first-order valence-corrected chi connectivity index (χ1v) is 7.99. The molecular weight excluding hydrogens is 274 g/mol. The van der Waals surface area contributed by atoms with Crippen molar-refractivity contribution in [3.63, 3.8) is 0 Å². The minimum atomic E-state index is -3.13. The van der Waals surface area contributed by atoms with E-state index in [-0.39, 0.29) is 6.10 Å². The summed E-state index contributed by atoms with van der Waals surface area (Å²) in [6, 6.07) is 7.54. The highest BCUT2D eigenvalue weighted by Gasteiger charge is 2.26. The van der Waals surface area contributed by atoms with Crippen LogP contribution in [0.3, 0.4) is 0 Å². The van der Waals surface area contributed by atoms with E-state index in [0.29, 0.717) is 31.1 Å². The molecule has 100 valence electrons. The van der Waals surface area contributed by atoms with Crippen molar-refractivity contribution in [2.24, 2.45) is 0 Å². The molecule has 0 aliphatic carbocycles. The highest BCUT2D eigenvalue weighted by Crippen LogP contribution is 2.16. The monoisotopic (exact) mass is 289 g/mol. The van der Waals surface area contributed by atoms with Gasteiger partial charge in [0.15, 0.2) is 0 Å². The summed E-state index contributed by atoms with van der Waals surface area (Å²) < 4.78 is 30.0. The molecule has 1 saturated heterocycles. The summed E-state index contributed by atoms with van der Waals surface area (Å²) in [5.74, 6) is 0. The number of hydrogen-bond donors (Lipinski definition) is 0. The summed E-state index contributed by atoms with van der Waals surface area (Å²) in [6.07, 6.45) is 1.80. The first-order valence-electron chi connectivity index (χ1n) is 5.76. The molecule has 1 fully saturated rings. The van der Waals surface area contributed by atoms with Gasteiger partial charge in [0, 0.05) is 18.1 Å². The molecule has 6 heteroatoms. The Morgan fingerprint density at radius 1 is 1.50 bits per heavy atom. The SMILES string of the molecule is CS(=O)(=O)N1CCO[C@H](Cc2cccc(Cl)c2)C1. The second-order valence-electron chi connectivity index (χ2n) is 4.45. The van der Waals surface area contributed by atoms with Crippen molar-refractivity contribution in [3.8, 4) is 0 Å². The lowest BCUT2D eigenvalue weighted by Crippen LogP contribution is -2.45. The van der Waals surface area contributed by atoms with Gasteiger partial charge in [0.25, 0.3) is 0 Å². The van der Waals surface area contributed by atoms with Gasteiger partial charge in [0.05, 0.1) is 19.0 Å². The van der Waals surface area contributed by atoms with E-state index in [0.717, 1.165) is 5.56 Å². The molecule has 1 aromatic carbocycles. The van der Waals surface area contributed by atoms with Gasteiger partial charge >= 0.3 is 0 Å². The molecule has 1 heterocycles. The largest absolute Gasteiger partial charge is 0.375 e. The van der Waals surface area contributed by atoms with E-state index in [1.54, 1.807) is 0 Å². The number of halogens is 1. The first kappa shape index (κ1) is 13.8. The molecule has 4 nitrogen and oxygen atoms in total. The third-order valence-corrected chi connectivity index (χ3v) is 4.43. The fraction of sp³-hybridized carbons (Fsp3) is 0.500. The Bertz CT molecular complexity index is 518. The predicted octanol–water partition coefficient (Wildman–Crippen LogP) is 1.54. The average Bonchev–Trinajstić information content (AvgIpc) is 2.28. The molecular formula is C12H16ClNO3S. The second-order valence-corrected chi connectivity index (χ2v) is 6.87. The number of ether oxygens (including phenoxy) is 1. The molecule has 18 heavy (non-hydrogen) atoms. The summed E-state index contributed by atoms with van der Waals surface area (Å²) in [5, 5.41) is 0.684. The van der Waals surface area contributed by atoms with Crippen molar-refractivity contribution in [2.45, 2.75) is 12.5 Å². The summed E-state index contributed by atoms with van der Waals surface area (Å²) >= 11 is 5.92.